The van der Waals surface area contributed by atoms with Crippen LogP contribution in [0.2, 0.25) is 0 Å². The highest BCUT2D eigenvalue weighted by atomic mass is 19.2. The number of anilines is 1. The minimum Gasteiger partial charge on any atom is -0.481 e. The van der Waals surface area contributed by atoms with Crippen LogP contribution in [0, 0.1) is 17.6 Å². The second-order valence-electron chi connectivity index (χ2n) is 6.63. The summed E-state index contributed by atoms with van der Waals surface area (Å²) in [5.41, 5.74) is 0.484. The van der Waals surface area contributed by atoms with E-state index in [9.17, 15) is 18.7 Å². The van der Waals surface area contributed by atoms with Crippen LogP contribution in [0.15, 0.2) is 24.5 Å². The quantitative estimate of drug-likeness (QED) is 0.638. The monoisotopic (exact) mass is 391 g/mol. The van der Waals surface area contributed by atoms with E-state index >= 15 is 0 Å². The first kappa shape index (κ1) is 19.5. The Balaban J connectivity index is 2.04. The molecule has 0 spiro atoms. The molecule has 0 saturated heterocycles. The lowest BCUT2D eigenvalue weighted by atomic mass is 10.0. The molecule has 1 atom stereocenters. The van der Waals surface area contributed by atoms with Gasteiger partial charge in [0, 0.05) is 18.2 Å². The number of nitrogens with zero attached hydrogens (tertiary/aromatic N) is 4. The van der Waals surface area contributed by atoms with Crippen molar-refractivity contribution in [3.63, 3.8) is 0 Å². The molecule has 28 heavy (non-hydrogen) atoms. The summed E-state index contributed by atoms with van der Waals surface area (Å²) in [4.78, 5) is 24.0. The molecule has 0 saturated carbocycles. The maximum atomic E-state index is 13.7. The number of nitrogens with one attached hydrogen (secondary N) is 1. The molecule has 2 N–H and O–H groups in total. The molecule has 0 amide bonds. The molecular formula is C18H19F2N5O3. The molecule has 1 unspecified atom stereocenters. The predicted octanol–water partition coefficient (Wildman–Crippen LogP) is 3.01. The Hall–Kier alpha value is -3.30. The van der Waals surface area contributed by atoms with Crippen molar-refractivity contribution >= 4 is 22.8 Å². The summed E-state index contributed by atoms with van der Waals surface area (Å²) in [6.07, 6.45) is 1.71. The number of hydrogen-bond acceptors (Lipinski definition) is 6. The highest BCUT2D eigenvalue weighted by Gasteiger charge is 2.21. The molecule has 0 fully saturated rings. The summed E-state index contributed by atoms with van der Waals surface area (Å²) < 4.78 is 33.6. The van der Waals surface area contributed by atoms with E-state index in [1.165, 1.54) is 24.1 Å². The van der Waals surface area contributed by atoms with E-state index < -0.39 is 23.6 Å². The molecule has 0 aliphatic heterocycles. The van der Waals surface area contributed by atoms with E-state index in [1.54, 1.807) is 0 Å². The maximum absolute atomic E-state index is 13.7. The molecule has 10 heteroatoms. The van der Waals surface area contributed by atoms with Gasteiger partial charge in [-0.05, 0) is 12.3 Å². The van der Waals surface area contributed by atoms with Crippen molar-refractivity contribution in [1.29, 1.82) is 0 Å². The number of carboxylic acid groups (broad SMARTS) is 1. The van der Waals surface area contributed by atoms with E-state index in [0.29, 0.717) is 6.42 Å². The largest absolute Gasteiger partial charge is 0.481 e. The van der Waals surface area contributed by atoms with Gasteiger partial charge < -0.3 is 15.2 Å². The third-order valence-electron chi connectivity index (χ3n) is 4.03. The minimum absolute atomic E-state index is 0.0732. The Labute approximate surface area is 159 Å². The van der Waals surface area contributed by atoms with Crippen molar-refractivity contribution in [3.05, 3.63) is 36.2 Å². The predicted molar refractivity (Wildman–Crippen MR) is 97.6 cm³/mol. The Bertz CT molecular complexity index is 1020. The Morgan fingerprint density at radius 3 is 2.61 bits per heavy atom. The number of fused-ring (bicyclic) bond motifs is 1. The third-order valence-corrected chi connectivity index (χ3v) is 4.03. The molecule has 3 aromatic rings. The fraction of sp³-hybridized carbons (Fsp3) is 0.333. The number of carbonyl (C=O) groups is 1. The van der Waals surface area contributed by atoms with Gasteiger partial charge in [-0.3, -0.25) is 4.57 Å². The summed E-state index contributed by atoms with van der Waals surface area (Å²) >= 11 is 0. The highest BCUT2D eigenvalue weighted by molar-refractivity contribution is 5.78. The molecule has 2 aromatic heterocycles. The number of carboxylic acids is 1. The molecule has 0 radical (unpaired) electrons. The van der Waals surface area contributed by atoms with E-state index in [1.807, 2.05) is 13.8 Å². The first-order chi connectivity index (χ1) is 13.3. The molecule has 148 valence electrons. The van der Waals surface area contributed by atoms with Crippen molar-refractivity contribution in [2.75, 3.05) is 12.4 Å². The van der Waals surface area contributed by atoms with Gasteiger partial charge in [0.1, 0.15) is 18.2 Å². The van der Waals surface area contributed by atoms with Gasteiger partial charge in [0.15, 0.2) is 11.6 Å². The van der Waals surface area contributed by atoms with Crippen LogP contribution in [0.25, 0.3) is 17.0 Å². The highest BCUT2D eigenvalue weighted by Crippen LogP contribution is 2.23. The molecule has 0 aliphatic carbocycles. The molecule has 1 aromatic carbocycles. The van der Waals surface area contributed by atoms with Crippen molar-refractivity contribution in [2.45, 2.75) is 26.3 Å². The molecule has 0 aliphatic rings. The van der Waals surface area contributed by atoms with Crippen molar-refractivity contribution < 1.29 is 23.4 Å². The maximum Gasteiger partial charge on any atom is 0.326 e. The standard InChI is InChI=1S/C18H19F2N5O3/c1-9(2)4-13(17(26)27)22-15-7-16(28-3)24-18(23-15)25-8-21-12-5-10(19)11(20)6-14(12)25/h5-9,13H,4H2,1-3H3,(H,26,27)(H,22,23,24). The minimum atomic E-state index is -1.03. The van der Waals surface area contributed by atoms with Crippen molar-refractivity contribution in [1.82, 2.24) is 19.5 Å². The van der Waals surface area contributed by atoms with E-state index in [2.05, 4.69) is 20.3 Å². The first-order valence-corrected chi connectivity index (χ1v) is 8.53. The fourth-order valence-corrected chi connectivity index (χ4v) is 2.73. The second kappa shape index (κ2) is 7.75. The summed E-state index contributed by atoms with van der Waals surface area (Å²) in [5, 5.41) is 12.3. The van der Waals surface area contributed by atoms with Crippen LogP contribution in [-0.2, 0) is 4.79 Å². The Morgan fingerprint density at radius 1 is 1.25 bits per heavy atom. The first-order valence-electron chi connectivity index (χ1n) is 8.53. The van der Waals surface area contributed by atoms with Crippen LogP contribution < -0.4 is 10.1 Å². The number of halogens is 2. The third kappa shape index (κ3) is 4.00. The number of ether oxygens (including phenoxy) is 1. The molecule has 3 rings (SSSR count). The average Bonchev–Trinajstić information content (AvgIpc) is 3.03. The average molecular weight is 391 g/mol. The van der Waals surface area contributed by atoms with Crippen LogP contribution in [-0.4, -0.2) is 43.7 Å². The number of benzene rings is 1. The number of aromatic nitrogens is 4. The zero-order valence-corrected chi connectivity index (χ0v) is 15.5. The van der Waals surface area contributed by atoms with Gasteiger partial charge in [0.25, 0.3) is 0 Å². The zero-order valence-electron chi connectivity index (χ0n) is 15.5. The lowest BCUT2D eigenvalue weighted by Gasteiger charge is -2.18. The number of hydrogen-bond donors (Lipinski definition) is 2. The van der Waals surface area contributed by atoms with Gasteiger partial charge in [-0.25, -0.2) is 18.6 Å². The van der Waals surface area contributed by atoms with Gasteiger partial charge >= 0.3 is 5.97 Å². The van der Waals surface area contributed by atoms with E-state index in [0.717, 1.165) is 12.1 Å². The van der Waals surface area contributed by atoms with Crippen LogP contribution in [0.1, 0.15) is 20.3 Å². The molecule has 0 bridgehead atoms. The number of aliphatic carboxylic acids is 1. The molecular weight excluding hydrogens is 372 g/mol. The van der Waals surface area contributed by atoms with E-state index in [4.69, 9.17) is 4.74 Å². The lowest BCUT2D eigenvalue weighted by Crippen LogP contribution is -2.31. The van der Waals surface area contributed by atoms with Crippen LogP contribution in [0.5, 0.6) is 5.88 Å². The van der Waals surface area contributed by atoms with Gasteiger partial charge in [0.2, 0.25) is 11.8 Å². The zero-order chi connectivity index (χ0) is 20.4. The fourth-order valence-electron chi connectivity index (χ4n) is 2.73. The molecule has 8 nitrogen and oxygen atoms in total. The van der Waals surface area contributed by atoms with Gasteiger partial charge in [-0.1, -0.05) is 13.8 Å². The van der Waals surface area contributed by atoms with Crippen LogP contribution in [0.4, 0.5) is 14.6 Å². The summed E-state index contributed by atoms with van der Waals surface area (Å²) in [6, 6.07) is 2.56. The Morgan fingerprint density at radius 2 is 1.96 bits per heavy atom. The number of imidazole rings is 1. The summed E-state index contributed by atoms with van der Waals surface area (Å²) in [7, 11) is 1.40. The van der Waals surface area contributed by atoms with Crippen LogP contribution in [0.3, 0.4) is 0 Å². The second-order valence-corrected chi connectivity index (χ2v) is 6.63. The lowest BCUT2D eigenvalue weighted by molar-refractivity contribution is -0.138. The van der Waals surface area contributed by atoms with E-state index in [-0.39, 0.29) is 34.6 Å². The Kier molecular flexibility index (Phi) is 5.39. The number of rotatable bonds is 7. The number of methoxy groups -OCH3 is 1. The normalized spacial score (nSPS) is 12.4. The van der Waals surface area contributed by atoms with Gasteiger partial charge in [-0.2, -0.15) is 9.97 Å². The topological polar surface area (TPSA) is 102 Å². The van der Waals surface area contributed by atoms with Crippen LogP contribution >= 0.6 is 0 Å². The van der Waals surface area contributed by atoms with Crippen molar-refractivity contribution in [3.8, 4) is 11.8 Å². The smallest absolute Gasteiger partial charge is 0.326 e. The molecule has 2 heterocycles. The van der Waals surface area contributed by atoms with Gasteiger partial charge in [0.05, 0.1) is 18.1 Å². The SMILES string of the molecule is COc1cc(NC(CC(C)C)C(=O)O)nc(-n2cnc3cc(F)c(F)cc32)n1. The summed E-state index contributed by atoms with van der Waals surface area (Å²) in [5.74, 6) is -2.44. The summed E-state index contributed by atoms with van der Waals surface area (Å²) in [6.45, 7) is 3.82. The van der Waals surface area contributed by atoms with Crippen molar-refractivity contribution in [2.24, 2.45) is 5.92 Å². The van der Waals surface area contributed by atoms with Gasteiger partial charge in [-0.15, -0.1) is 0 Å².